The largest absolute Gasteiger partial charge is 0.360 e. The second-order valence-corrected chi connectivity index (χ2v) is 3.77. The molecule has 0 aliphatic rings. The Bertz CT molecular complexity index is 258. The molecule has 1 N–H and O–H groups in total. The quantitative estimate of drug-likeness (QED) is 0.691. The first kappa shape index (κ1) is 11.2. The molecule has 4 heteroatoms. The molecule has 1 rings (SSSR count). The maximum atomic E-state index is 5.07. The Morgan fingerprint density at radius 1 is 1.50 bits per heavy atom. The van der Waals surface area contributed by atoms with E-state index >= 15 is 0 Å². The van der Waals surface area contributed by atoms with Gasteiger partial charge < -0.3 is 14.7 Å². The molecule has 80 valence electrons. The highest BCUT2D eigenvalue weighted by molar-refractivity contribution is 5.02. The summed E-state index contributed by atoms with van der Waals surface area (Å²) in [7, 11) is 4.17. The van der Waals surface area contributed by atoms with Crippen LogP contribution in [-0.4, -0.2) is 37.2 Å². The molecule has 0 bridgehead atoms. The average Bonchev–Trinajstić information content (AvgIpc) is 2.50. The first-order chi connectivity index (χ1) is 6.68. The van der Waals surface area contributed by atoms with Crippen LogP contribution in [0.25, 0.3) is 0 Å². The lowest BCUT2D eigenvalue weighted by atomic mass is 10.3. The molecule has 1 aromatic heterocycles. The van der Waals surface area contributed by atoms with Gasteiger partial charge in [-0.25, -0.2) is 0 Å². The lowest BCUT2D eigenvalue weighted by Crippen LogP contribution is -2.20. The van der Waals surface area contributed by atoms with Gasteiger partial charge in [-0.1, -0.05) is 5.16 Å². The summed E-state index contributed by atoms with van der Waals surface area (Å²) in [6.07, 6.45) is 1.15. The highest BCUT2D eigenvalue weighted by atomic mass is 16.5. The summed E-state index contributed by atoms with van der Waals surface area (Å²) in [6, 6.07) is 1.96. The second kappa shape index (κ2) is 5.78. The topological polar surface area (TPSA) is 41.3 Å². The Labute approximate surface area is 85.3 Å². The van der Waals surface area contributed by atoms with Gasteiger partial charge in [-0.05, 0) is 40.5 Å². The van der Waals surface area contributed by atoms with E-state index in [0.717, 1.165) is 37.5 Å². The van der Waals surface area contributed by atoms with Crippen molar-refractivity contribution in [2.45, 2.75) is 19.9 Å². The number of nitrogens with one attached hydrogen (secondary N) is 1. The number of rotatable bonds is 6. The predicted octanol–water partition coefficient (Wildman–Crippen LogP) is 1.02. The molecule has 1 aromatic rings. The van der Waals surface area contributed by atoms with E-state index in [0.29, 0.717) is 0 Å². The van der Waals surface area contributed by atoms with Crippen LogP contribution in [0.15, 0.2) is 10.6 Å². The van der Waals surface area contributed by atoms with E-state index in [1.54, 1.807) is 0 Å². The van der Waals surface area contributed by atoms with Crippen LogP contribution in [0.3, 0.4) is 0 Å². The zero-order valence-corrected chi connectivity index (χ0v) is 9.21. The van der Waals surface area contributed by atoms with Gasteiger partial charge >= 0.3 is 0 Å². The van der Waals surface area contributed by atoms with E-state index in [1.165, 1.54) is 0 Å². The average molecular weight is 197 g/mol. The molecule has 4 nitrogen and oxygen atoms in total. The molecule has 0 atom stereocenters. The highest BCUT2D eigenvalue weighted by Gasteiger charge is 1.98. The normalized spacial score (nSPS) is 11.1. The van der Waals surface area contributed by atoms with Crippen molar-refractivity contribution in [1.29, 1.82) is 0 Å². The molecule has 14 heavy (non-hydrogen) atoms. The van der Waals surface area contributed by atoms with E-state index in [9.17, 15) is 0 Å². The van der Waals surface area contributed by atoms with Gasteiger partial charge in [0.15, 0.2) is 5.76 Å². The third-order valence-electron chi connectivity index (χ3n) is 1.93. The van der Waals surface area contributed by atoms with Crippen LogP contribution in [0.5, 0.6) is 0 Å². The molecular weight excluding hydrogens is 178 g/mol. The fourth-order valence-corrected chi connectivity index (χ4v) is 1.23. The van der Waals surface area contributed by atoms with Crippen LogP contribution in [0.1, 0.15) is 17.9 Å². The Kier molecular flexibility index (Phi) is 4.62. The van der Waals surface area contributed by atoms with Crippen molar-refractivity contribution >= 4 is 0 Å². The van der Waals surface area contributed by atoms with Crippen LogP contribution < -0.4 is 5.32 Å². The third kappa shape index (κ3) is 4.39. The summed E-state index contributed by atoms with van der Waals surface area (Å²) in [6.45, 7) is 4.83. The van der Waals surface area contributed by atoms with E-state index in [2.05, 4.69) is 29.5 Å². The standard InChI is InChI=1S/C10H19N3O/c1-9-7-10(14-12-9)8-11-5-4-6-13(2)3/h7,11H,4-6,8H2,1-3H3. The third-order valence-corrected chi connectivity index (χ3v) is 1.93. The molecule has 1 heterocycles. The zero-order chi connectivity index (χ0) is 10.4. The predicted molar refractivity (Wildman–Crippen MR) is 56.1 cm³/mol. The Hall–Kier alpha value is -0.870. The van der Waals surface area contributed by atoms with E-state index in [1.807, 2.05) is 13.0 Å². The molecular formula is C10H19N3O. The fourth-order valence-electron chi connectivity index (χ4n) is 1.23. The molecule has 0 aliphatic carbocycles. The summed E-state index contributed by atoms with van der Waals surface area (Å²) < 4.78 is 5.07. The van der Waals surface area contributed by atoms with E-state index in [-0.39, 0.29) is 0 Å². The van der Waals surface area contributed by atoms with Crippen molar-refractivity contribution < 1.29 is 4.52 Å². The van der Waals surface area contributed by atoms with Crippen LogP contribution >= 0.6 is 0 Å². The van der Waals surface area contributed by atoms with Crippen molar-refractivity contribution in [2.24, 2.45) is 0 Å². The van der Waals surface area contributed by atoms with Crippen LogP contribution in [0, 0.1) is 6.92 Å². The van der Waals surface area contributed by atoms with E-state index in [4.69, 9.17) is 4.52 Å². The van der Waals surface area contributed by atoms with Crippen molar-refractivity contribution in [3.63, 3.8) is 0 Å². The summed E-state index contributed by atoms with van der Waals surface area (Å²) in [5.41, 5.74) is 0.940. The van der Waals surface area contributed by atoms with Gasteiger partial charge in [0.2, 0.25) is 0 Å². The maximum Gasteiger partial charge on any atom is 0.150 e. The molecule has 0 unspecified atom stereocenters. The van der Waals surface area contributed by atoms with Crippen LogP contribution in [-0.2, 0) is 6.54 Å². The maximum absolute atomic E-state index is 5.07. The highest BCUT2D eigenvalue weighted by Crippen LogP contribution is 2.00. The summed E-state index contributed by atoms with van der Waals surface area (Å²) in [5.74, 6) is 0.910. The second-order valence-electron chi connectivity index (χ2n) is 3.77. The number of aromatic nitrogens is 1. The monoisotopic (exact) mass is 197 g/mol. The number of hydrogen-bond donors (Lipinski definition) is 1. The zero-order valence-electron chi connectivity index (χ0n) is 9.21. The van der Waals surface area contributed by atoms with Crippen LogP contribution in [0.4, 0.5) is 0 Å². The van der Waals surface area contributed by atoms with Crippen molar-refractivity contribution in [3.05, 3.63) is 17.5 Å². The van der Waals surface area contributed by atoms with Crippen molar-refractivity contribution in [3.8, 4) is 0 Å². The smallest absolute Gasteiger partial charge is 0.150 e. The van der Waals surface area contributed by atoms with Gasteiger partial charge in [0, 0.05) is 6.07 Å². The molecule has 0 amide bonds. The molecule has 0 aliphatic heterocycles. The molecule has 0 radical (unpaired) electrons. The van der Waals surface area contributed by atoms with Gasteiger partial charge in [0.1, 0.15) is 0 Å². The Morgan fingerprint density at radius 2 is 2.29 bits per heavy atom. The van der Waals surface area contributed by atoms with Gasteiger partial charge in [-0.2, -0.15) is 0 Å². The van der Waals surface area contributed by atoms with Gasteiger partial charge in [-0.15, -0.1) is 0 Å². The first-order valence-electron chi connectivity index (χ1n) is 4.96. The van der Waals surface area contributed by atoms with E-state index < -0.39 is 0 Å². The summed E-state index contributed by atoms with van der Waals surface area (Å²) in [5, 5.41) is 7.13. The van der Waals surface area contributed by atoms with Gasteiger partial charge in [0.25, 0.3) is 0 Å². The number of aryl methyl sites for hydroxylation is 1. The van der Waals surface area contributed by atoms with Gasteiger partial charge in [-0.3, -0.25) is 0 Å². The van der Waals surface area contributed by atoms with Crippen molar-refractivity contribution in [2.75, 3.05) is 27.2 Å². The van der Waals surface area contributed by atoms with Gasteiger partial charge in [0.05, 0.1) is 12.2 Å². The first-order valence-corrected chi connectivity index (χ1v) is 4.96. The molecule has 0 aromatic carbocycles. The minimum Gasteiger partial charge on any atom is -0.360 e. The minimum absolute atomic E-state index is 0.772. The number of hydrogen-bond acceptors (Lipinski definition) is 4. The molecule has 0 saturated carbocycles. The summed E-state index contributed by atoms with van der Waals surface area (Å²) >= 11 is 0. The molecule has 0 saturated heterocycles. The van der Waals surface area contributed by atoms with Crippen LogP contribution in [0.2, 0.25) is 0 Å². The Morgan fingerprint density at radius 3 is 2.86 bits per heavy atom. The SMILES string of the molecule is Cc1cc(CNCCCN(C)C)on1. The molecule has 0 spiro atoms. The minimum atomic E-state index is 0.772. The molecule has 0 fully saturated rings. The summed E-state index contributed by atoms with van der Waals surface area (Å²) in [4.78, 5) is 2.18. The lowest BCUT2D eigenvalue weighted by Gasteiger charge is -2.08. The number of nitrogens with zero attached hydrogens (tertiary/aromatic N) is 2. The fraction of sp³-hybridized carbons (Fsp3) is 0.700. The lowest BCUT2D eigenvalue weighted by molar-refractivity contribution is 0.362. The van der Waals surface area contributed by atoms with Crippen molar-refractivity contribution in [1.82, 2.24) is 15.4 Å². The Balaban J connectivity index is 2.04.